The number of ether oxygens (including phenoxy) is 2. The molecule has 0 saturated heterocycles. The molecular formula is C22H22FNO5S. The molecule has 0 fully saturated rings. The van der Waals surface area contributed by atoms with E-state index in [1.54, 1.807) is 38.4 Å². The molecule has 1 aromatic carbocycles. The van der Waals surface area contributed by atoms with E-state index in [4.69, 9.17) is 4.74 Å². The quantitative estimate of drug-likeness (QED) is 0.398. The molecule has 0 aliphatic heterocycles. The van der Waals surface area contributed by atoms with E-state index >= 15 is 0 Å². The van der Waals surface area contributed by atoms with Crippen molar-refractivity contribution < 1.29 is 28.2 Å². The number of hydrogen-bond donors (Lipinski definition) is 0. The monoisotopic (exact) mass is 431 g/mol. The maximum absolute atomic E-state index is 13.9. The van der Waals surface area contributed by atoms with Gasteiger partial charge in [0.25, 0.3) is 0 Å². The van der Waals surface area contributed by atoms with Crippen LogP contribution >= 0.6 is 11.3 Å². The minimum absolute atomic E-state index is 0.00568. The summed E-state index contributed by atoms with van der Waals surface area (Å²) in [6.45, 7) is 5.30. The van der Waals surface area contributed by atoms with E-state index in [1.807, 2.05) is 0 Å². The van der Waals surface area contributed by atoms with Crippen LogP contribution in [0.5, 0.6) is 0 Å². The summed E-state index contributed by atoms with van der Waals surface area (Å²) in [4.78, 5) is 36.7. The number of hydrogen-bond acceptors (Lipinski definition) is 6. The molecule has 0 atom stereocenters. The fourth-order valence-corrected chi connectivity index (χ4v) is 3.84. The van der Waals surface area contributed by atoms with Crippen LogP contribution in [0.4, 0.5) is 9.18 Å². The normalized spacial score (nSPS) is 11.5. The lowest BCUT2D eigenvalue weighted by Gasteiger charge is -2.19. The first-order chi connectivity index (χ1) is 14.1. The molecule has 2 heterocycles. The molecule has 158 valence electrons. The van der Waals surface area contributed by atoms with Gasteiger partial charge in [0, 0.05) is 23.6 Å². The number of benzene rings is 1. The molecule has 0 saturated carbocycles. The molecule has 2 aromatic heterocycles. The number of carbonyl (C=O) groups is 3. The van der Waals surface area contributed by atoms with Crippen LogP contribution in [-0.4, -0.2) is 35.1 Å². The number of esters is 1. The van der Waals surface area contributed by atoms with Gasteiger partial charge in [0.05, 0.1) is 23.9 Å². The Kier molecular flexibility index (Phi) is 6.07. The van der Waals surface area contributed by atoms with Gasteiger partial charge in [-0.3, -0.25) is 14.2 Å². The Balaban J connectivity index is 1.97. The Morgan fingerprint density at radius 2 is 1.87 bits per heavy atom. The third-order valence-corrected chi connectivity index (χ3v) is 5.30. The van der Waals surface area contributed by atoms with Gasteiger partial charge < -0.3 is 9.47 Å². The molecule has 0 aliphatic carbocycles. The maximum Gasteiger partial charge on any atom is 0.419 e. The highest BCUT2D eigenvalue weighted by molar-refractivity contribution is 7.12. The van der Waals surface area contributed by atoms with E-state index < -0.39 is 23.5 Å². The molecule has 0 amide bonds. The van der Waals surface area contributed by atoms with Crippen LogP contribution < -0.4 is 0 Å². The molecule has 0 aliphatic rings. The summed E-state index contributed by atoms with van der Waals surface area (Å²) >= 11 is 1.23. The molecule has 0 unspecified atom stereocenters. The highest BCUT2D eigenvalue weighted by Crippen LogP contribution is 2.34. The average Bonchev–Trinajstić information content (AvgIpc) is 3.28. The van der Waals surface area contributed by atoms with Crippen LogP contribution in [-0.2, 0) is 14.3 Å². The molecule has 6 nitrogen and oxygen atoms in total. The highest BCUT2D eigenvalue weighted by atomic mass is 32.1. The first kappa shape index (κ1) is 21.7. The summed E-state index contributed by atoms with van der Waals surface area (Å²) < 4.78 is 25.3. The van der Waals surface area contributed by atoms with Crippen molar-refractivity contribution in [2.45, 2.75) is 39.2 Å². The second kappa shape index (κ2) is 8.39. The summed E-state index contributed by atoms with van der Waals surface area (Å²) in [5.41, 5.74) is 1.11. The maximum atomic E-state index is 13.9. The van der Waals surface area contributed by atoms with Crippen molar-refractivity contribution in [1.29, 1.82) is 0 Å². The standard InChI is InChI=1S/C22H22FNO5S/c1-22(2,3)29-21(27)24-11-16(15-10-14(23)5-6-17(15)24)13-9-19(30-12-13)18(25)7-8-20(26)28-4/h5-6,9-12H,7-8H2,1-4H3. The van der Waals surface area contributed by atoms with E-state index in [2.05, 4.69) is 4.74 Å². The van der Waals surface area contributed by atoms with E-state index in [-0.39, 0.29) is 18.6 Å². The van der Waals surface area contributed by atoms with Crippen molar-refractivity contribution >= 4 is 40.1 Å². The van der Waals surface area contributed by atoms with Gasteiger partial charge in [-0.1, -0.05) is 0 Å². The van der Waals surface area contributed by atoms with E-state index in [0.29, 0.717) is 26.9 Å². The fourth-order valence-electron chi connectivity index (χ4n) is 2.96. The summed E-state index contributed by atoms with van der Waals surface area (Å²) in [5, 5.41) is 2.30. The molecule has 8 heteroatoms. The van der Waals surface area contributed by atoms with Crippen LogP contribution in [0.1, 0.15) is 43.3 Å². The minimum Gasteiger partial charge on any atom is -0.469 e. The van der Waals surface area contributed by atoms with Gasteiger partial charge in [-0.05, 0) is 56.0 Å². The molecule has 0 radical (unpaired) electrons. The predicted molar refractivity (Wildman–Crippen MR) is 112 cm³/mol. The SMILES string of the molecule is COC(=O)CCC(=O)c1cc(-c2cn(C(=O)OC(C)(C)C)c3ccc(F)cc23)cs1. The number of methoxy groups -OCH3 is 1. The third-order valence-electron chi connectivity index (χ3n) is 4.33. The Morgan fingerprint density at radius 1 is 1.13 bits per heavy atom. The van der Waals surface area contributed by atoms with Gasteiger partial charge in [-0.2, -0.15) is 0 Å². The largest absolute Gasteiger partial charge is 0.469 e. The van der Waals surface area contributed by atoms with E-state index in [0.717, 1.165) is 0 Å². The lowest BCUT2D eigenvalue weighted by atomic mass is 10.1. The van der Waals surface area contributed by atoms with E-state index in [9.17, 15) is 18.8 Å². The number of aromatic nitrogens is 1. The number of nitrogens with zero attached hydrogens (tertiary/aromatic N) is 1. The minimum atomic E-state index is -0.685. The number of thiophene rings is 1. The first-order valence-electron chi connectivity index (χ1n) is 9.32. The molecule has 0 N–H and O–H groups in total. The van der Waals surface area contributed by atoms with E-state index in [1.165, 1.54) is 41.2 Å². The van der Waals surface area contributed by atoms with Crippen LogP contribution in [0.2, 0.25) is 0 Å². The average molecular weight is 431 g/mol. The highest BCUT2D eigenvalue weighted by Gasteiger charge is 2.22. The second-order valence-electron chi connectivity index (χ2n) is 7.75. The zero-order chi connectivity index (χ0) is 22.1. The van der Waals surface area contributed by atoms with Gasteiger partial charge in [-0.25, -0.2) is 9.18 Å². The Bertz CT molecular complexity index is 1120. The summed E-state index contributed by atoms with van der Waals surface area (Å²) in [7, 11) is 1.27. The van der Waals surface area contributed by atoms with Gasteiger partial charge >= 0.3 is 12.1 Å². The topological polar surface area (TPSA) is 74.6 Å². The van der Waals surface area contributed by atoms with Crippen molar-refractivity contribution in [3.05, 3.63) is 46.5 Å². The van der Waals surface area contributed by atoms with Crippen molar-refractivity contribution in [2.75, 3.05) is 7.11 Å². The number of carbonyl (C=O) groups excluding carboxylic acids is 3. The molecular weight excluding hydrogens is 409 g/mol. The van der Waals surface area contributed by atoms with Crippen LogP contribution in [0.3, 0.4) is 0 Å². The van der Waals surface area contributed by atoms with Crippen molar-refractivity contribution in [3.8, 4) is 11.1 Å². The van der Waals surface area contributed by atoms with Crippen LogP contribution in [0, 0.1) is 5.82 Å². The Hall–Kier alpha value is -3.00. The van der Waals surface area contributed by atoms with Crippen molar-refractivity contribution in [2.24, 2.45) is 0 Å². The predicted octanol–water partition coefficient (Wildman–Crippen LogP) is 5.43. The zero-order valence-corrected chi connectivity index (χ0v) is 18.0. The Morgan fingerprint density at radius 3 is 2.53 bits per heavy atom. The van der Waals surface area contributed by atoms with Gasteiger partial charge in [0.2, 0.25) is 0 Å². The smallest absolute Gasteiger partial charge is 0.419 e. The van der Waals surface area contributed by atoms with Crippen molar-refractivity contribution in [1.82, 2.24) is 4.57 Å². The summed E-state index contributed by atoms with van der Waals surface area (Å²) in [5.74, 6) is -1.06. The fraction of sp³-hybridized carbons (Fsp3) is 0.318. The molecule has 3 rings (SSSR count). The Labute approximate surface area is 177 Å². The lowest BCUT2D eigenvalue weighted by molar-refractivity contribution is -0.140. The molecule has 0 bridgehead atoms. The second-order valence-corrected chi connectivity index (χ2v) is 8.66. The van der Waals surface area contributed by atoms with Crippen LogP contribution in [0.25, 0.3) is 22.0 Å². The number of ketones is 1. The molecule has 3 aromatic rings. The third kappa shape index (κ3) is 4.76. The number of Topliss-reactive ketones (excluding diaryl/α,β-unsaturated/α-hetero) is 1. The first-order valence-corrected chi connectivity index (χ1v) is 10.2. The number of rotatable bonds is 5. The summed E-state index contributed by atoms with van der Waals surface area (Å²) in [6.07, 6.45) is 1.06. The van der Waals surface area contributed by atoms with Crippen LogP contribution in [0.15, 0.2) is 35.8 Å². The van der Waals surface area contributed by atoms with Crippen molar-refractivity contribution in [3.63, 3.8) is 0 Å². The van der Waals surface area contributed by atoms with Gasteiger partial charge in [0.1, 0.15) is 11.4 Å². The molecule has 30 heavy (non-hydrogen) atoms. The number of halogens is 1. The number of fused-ring (bicyclic) bond motifs is 1. The molecule has 0 spiro atoms. The van der Waals surface area contributed by atoms with Gasteiger partial charge in [-0.15, -0.1) is 11.3 Å². The van der Waals surface area contributed by atoms with Gasteiger partial charge in [0.15, 0.2) is 5.78 Å². The lowest BCUT2D eigenvalue weighted by Crippen LogP contribution is -2.26. The summed E-state index contributed by atoms with van der Waals surface area (Å²) in [6, 6.07) is 5.83. The zero-order valence-electron chi connectivity index (χ0n) is 17.2.